The zero-order chi connectivity index (χ0) is 70.9. The molecule has 11 amide bonds. The fraction of sp³-hybridized carbons (Fsp3) is 0.694. The lowest BCUT2D eigenvalue weighted by atomic mass is 9.72. The second kappa shape index (κ2) is 38.3. The van der Waals surface area contributed by atoms with Gasteiger partial charge in [-0.1, -0.05) is 118 Å². The molecule has 0 bridgehead atoms. The molecule has 2 fully saturated rings. The molecule has 1 saturated carbocycles. The molecule has 94 heavy (non-hydrogen) atoms. The van der Waals surface area contributed by atoms with Crippen LogP contribution in [0.3, 0.4) is 0 Å². The Morgan fingerprint density at radius 1 is 0.681 bits per heavy atom. The maximum atomic E-state index is 15.5. The highest BCUT2D eigenvalue weighted by atomic mass is 16.5. The largest absolute Gasteiger partial charge is 0.453 e. The van der Waals surface area contributed by atoms with Crippen molar-refractivity contribution in [3.8, 4) is 0 Å². The van der Waals surface area contributed by atoms with Gasteiger partial charge in [0.1, 0.15) is 48.3 Å². The first kappa shape index (κ1) is 80.2. The Labute approximate surface area is 548 Å². The number of aliphatic hydroxyl groups excluding tert-OH is 4. The Bertz CT molecular complexity index is 2780. The number of amides is 11. The van der Waals surface area contributed by atoms with E-state index in [4.69, 9.17) is 27.7 Å². The normalized spacial score (nSPS) is 25.6. The maximum Gasteiger partial charge on any atom is 0.331 e. The summed E-state index contributed by atoms with van der Waals surface area (Å²) in [6, 6.07) is -10.7. The fourth-order valence-electron chi connectivity index (χ4n) is 10.9. The van der Waals surface area contributed by atoms with E-state index in [9.17, 15) is 73.2 Å². The monoisotopic (exact) mass is 1330 g/mol. The van der Waals surface area contributed by atoms with E-state index >= 15 is 4.79 Å². The van der Waals surface area contributed by atoms with E-state index in [1.54, 1.807) is 41.5 Å². The molecule has 1 aromatic carbocycles. The second-order valence-corrected chi connectivity index (χ2v) is 26.0. The number of rotatable bonds is 23. The van der Waals surface area contributed by atoms with Crippen LogP contribution in [0.1, 0.15) is 152 Å². The number of hydrogen-bond donors (Lipinski definition) is 18. The molecule has 3 rings (SSSR count). The van der Waals surface area contributed by atoms with Crippen molar-refractivity contribution in [1.82, 2.24) is 53.2 Å². The van der Waals surface area contributed by atoms with Crippen molar-refractivity contribution in [3.05, 3.63) is 35.9 Å². The van der Waals surface area contributed by atoms with E-state index in [1.807, 2.05) is 17.6 Å². The molecule has 1 aliphatic heterocycles. The molecule has 32 heteroatoms. The molecule has 1 heterocycles. The van der Waals surface area contributed by atoms with E-state index in [2.05, 4.69) is 47.5 Å². The van der Waals surface area contributed by atoms with Crippen molar-refractivity contribution >= 4 is 76.9 Å². The molecule has 1 saturated heterocycles. The van der Waals surface area contributed by atoms with Gasteiger partial charge in [-0.15, -0.1) is 0 Å². The van der Waals surface area contributed by atoms with E-state index in [0.29, 0.717) is 0 Å². The molecule has 22 N–H and O–H groups in total. The molecule has 1 aliphatic carbocycles. The average molecular weight is 1330 g/mol. The smallest absolute Gasteiger partial charge is 0.331 e. The first-order valence-electron chi connectivity index (χ1n) is 32.1. The Morgan fingerprint density at radius 3 is 1.80 bits per heavy atom. The van der Waals surface area contributed by atoms with E-state index in [-0.39, 0.29) is 73.8 Å². The van der Waals surface area contributed by atoms with Crippen molar-refractivity contribution < 1.29 is 82.7 Å². The molecular formula is C62H103N15O17. The van der Waals surface area contributed by atoms with Gasteiger partial charge >= 0.3 is 5.97 Å². The molecular weight excluding hydrogens is 1230 g/mol. The summed E-state index contributed by atoms with van der Waals surface area (Å²) >= 11 is 0. The molecule has 528 valence electrons. The van der Waals surface area contributed by atoms with E-state index < -0.39 is 181 Å². The van der Waals surface area contributed by atoms with Gasteiger partial charge in [0.25, 0.3) is 0 Å². The minimum atomic E-state index is -2.57. The first-order valence-corrected chi connectivity index (χ1v) is 32.1. The summed E-state index contributed by atoms with van der Waals surface area (Å²) in [5, 5.41) is 68.5. The number of hydrogen-bond acceptors (Lipinski definition) is 19. The lowest BCUT2D eigenvalue weighted by molar-refractivity contribution is -0.159. The highest BCUT2D eigenvalue weighted by Gasteiger charge is 2.44. The first-order chi connectivity index (χ1) is 44.0. The minimum Gasteiger partial charge on any atom is -0.453 e. The number of carbonyl (C=O) groups is 12. The number of ether oxygens (including phenoxy) is 1. The van der Waals surface area contributed by atoms with Crippen molar-refractivity contribution in [1.29, 1.82) is 0 Å². The van der Waals surface area contributed by atoms with Crippen LogP contribution in [0.4, 0.5) is 0 Å². The third kappa shape index (κ3) is 25.3. The van der Waals surface area contributed by atoms with Crippen LogP contribution < -0.4 is 76.1 Å². The number of carbonyl (C=O) groups excluding carboxylic acids is 12. The predicted molar refractivity (Wildman–Crippen MR) is 343 cm³/mol. The van der Waals surface area contributed by atoms with Gasteiger partial charge < -0.3 is 101 Å². The number of aliphatic imine (C=N–C) groups is 1. The van der Waals surface area contributed by atoms with Crippen LogP contribution in [0.25, 0.3) is 0 Å². The van der Waals surface area contributed by atoms with E-state index in [0.717, 1.165) is 39.0 Å². The number of nitrogens with zero attached hydrogens (tertiary/aromatic N) is 1. The summed E-state index contributed by atoms with van der Waals surface area (Å²) in [5.41, 5.74) is 22.7. The average Bonchev–Trinajstić information content (AvgIpc) is 0.895. The summed E-state index contributed by atoms with van der Waals surface area (Å²) in [7, 11) is 0. The number of aliphatic hydroxyl groups is 4. The molecule has 2 unspecified atom stereocenters. The molecule has 32 nitrogen and oxygen atoms in total. The number of nitrogens with one attached hydrogen (secondary N) is 10. The topological polar surface area (TPSA) is 532 Å². The lowest BCUT2D eigenvalue weighted by Gasteiger charge is -2.36. The molecule has 2 aliphatic rings. The van der Waals surface area contributed by atoms with Crippen LogP contribution in [0.5, 0.6) is 0 Å². The third-order valence-electron chi connectivity index (χ3n) is 16.5. The van der Waals surface area contributed by atoms with Gasteiger partial charge in [0.05, 0.1) is 31.4 Å². The lowest BCUT2D eigenvalue weighted by Crippen LogP contribution is -2.64. The summed E-state index contributed by atoms with van der Waals surface area (Å²) in [6.45, 7) is 13.8. The number of primary amides is 1. The number of esters is 1. The zero-order valence-electron chi connectivity index (χ0n) is 55.5. The van der Waals surface area contributed by atoms with Crippen LogP contribution in [-0.4, -0.2) is 196 Å². The maximum absolute atomic E-state index is 15.5. The summed E-state index contributed by atoms with van der Waals surface area (Å²) < 4.78 is 5.97. The van der Waals surface area contributed by atoms with Gasteiger partial charge in [-0.25, -0.2) is 4.79 Å². The zero-order valence-corrected chi connectivity index (χ0v) is 55.5. The Balaban J connectivity index is 2.40. The highest BCUT2D eigenvalue weighted by Crippen LogP contribution is 2.39. The summed E-state index contributed by atoms with van der Waals surface area (Å²) in [4.78, 5) is 175. The van der Waals surface area contributed by atoms with Crippen molar-refractivity contribution in [2.75, 3.05) is 19.7 Å². The molecule has 15 atom stereocenters. The number of benzene rings is 1. The molecule has 0 radical (unpaired) electrons. The molecule has 1 aromatic rings. The number of guanidine groups is 1. The van der Waals surface area contributed by atoms with Crippen molar-refractivity contribution in [2.24, 2.45) is 57.0 Å². The third-order valence-corrected chi connectivity index (χ3v) is 16.5. The van der Waals surface area contributed by atoms with Gasteiger partial charge in [-0.3, -0.25) is 57.7 Å². The Hall–Kier alpha value is -8.07. The van der Waals surface area contributed by atoms with Crippen molar-refractivity contribution in [2.45, 2.75) is 225 Å². The van der Waals surface area contributed by atoms with Crippen LogP contribution in [0, 0.1) is 29.1 Å². The predicted octanol–water partition coefficient (Wildman–Crippen LogP) is -4.12. The number of cyclic esters (lactones) is 1. The second-order valence-electron chi connectivity index (χ2n) is 26.0. The Kier molecular flexibility index (Phi) is 32.7. The quantitative estimate of drug-likeness (QED) is 0.0214. The SMILES string of the molecule is CC[C@H](C)C1NC(=O)[C@@H](CCCN=C(N)N)NC(=O)[C@H](CC(C)C)NC(=O)[C@H]([C@H](O)C(C)C)NC(=O)[C@@H](NC(=O)[C@H](CC(C)C)NC(=O)[C@H](N)CC2(C)CCCCC2)[C@@H](c2ccccc2)OC(=O)[C@H](CO)NC(=O)[C@H]([C@H](O)C(N)=O)NC(=O)CNC(=O)C([C@H](C)O)NC1=O. The minimum absolute atomic E-state index is 0.0465. The standard InChI is InChI=1S/C62H103N15O17/c1-11-33(8)42-56(89)75-43(34(9)79)55(88)68-28-41(80)73-45(48(82)50(64)83)58(91)72-40(29-78)60(93)94-49(35-19-14-12-15-20-35)46(77-54(87)39(26-31(4)5)70-51(84)36(63)27-62(10)22-16-13-17-23-62)59(92)76-44(47(81)32(6)7)57(90)71-38(25-30(2)3)53(86)69-37(52(85)74-42)21-18-24-67-61(65)66/h12,14-15,19-20,30-34,36-40,42-49,78-79,81-82H,11,13,16-18,21-29,63H2,1-10H3,(H2,64,83)(H,68,88)(H,69,86)(H,70,84)(H,71,90)(H,72,91)(H,73,80)(H,74,85)(H,75,89)(H,76,92)(H,77,87)(H4,65,66,67)/t33-,34-,36+,37+,38-,39-,40-,42?,43?,44-,45-,46-,47+,48-,49+/m0/s1. The van der Waals surface area contributed by atoms with Gasteiger partial charge in [0, 0.05) is 6.54 Å². The Morgan fingerprint density at radius 2 is 1.24 bits per heavy atom. The fourth-order valence-corrected chi connectivity index (χ4v) is 10.9. The van der Waals surface area contributed by atoms with Gasteiger partial charge in [-0.05, 0) is 86.5 Å². The number of nitrogens with two attached hydrogens (primary N) is 4. The van der Waals surface area contributed by atoms with E-state index in [1.165, 1.54) is 44.2 Å². The molecule has 0 aromatic heterocycles. The summed E-state index contributed by atoms with van der Waals surface area (Å²) in [6.07, 6.45) is -3.40. The van der Waals surface area contributed by atoms with Crippen LogP contribution in [0.2, 0.25) is 0 Å². The highest BCUT2D eigenvalue weighted by molar-refractivity contribution is 6.00. The van der Waals surface area contributed by atoms with Crippen LogP contribution in [0.15, 0.2) is 35.3 Å². The van der Waals surface area contributed by atoms with Crippen LogP contribution in [-0.2, 0) is 62.3 Å². The summed E-state index contributed by atoms with van der Waals surface area (Å²) in [5.74, 6) is -17.0. The van der Waals surface area contributed by atoms with Gasteiger partial charge in [0.15, 0.2) is 24.2 Å². The van der Waals surface area contributed by atoms with Crippen LogP contribution >= 0.6 is 0 Å². The van der Waals surface area contributed by atoms with Gasteiger partial charge in [0.2, 0.25) is 65.0 Å². The van der Waals surface area contributed by atoms with Crippen molar-refractivity contribution in [3.63, 3.8) is 0 Å². The van der Waals surface area contributed by atoms with Gasteiger partial charge in [-0.2, -0.15) is 0 Å². The molecule has 0 spiro atoms.